The molecule has 2 aromatic rings. The number of halogens is 1. The van der Waals surface area contributed by atoms with E-state index in [9.17, 15) is 0 Å². The van der Waals surface area contributed by atoms with Crippen LogP contribution >= 0.6 is 22.6 Å². The van der Waals surface area contributed by atoms with Crippen molar-refractivity contribution < 1.29 is 0 Å². The molecule has 0 radical (unpaired) electrons. The summed E-state index contributed by atoms with van der Waals surface area (Å²) < 4.78 is 3.36. The van der Waals surface area contributed by atoms with Gasteiger partial charge >= 0.3 is 0 Å². The minimum atomic E-state index is 0.0923. The number of hydrogen-bond donors (Lipinski definition) is 2. The third-order valence-corrected chi connectivity index (χ3v) is 3.72. The minimum absolute atomic E-state index is 0.0923. The van der Waals surface area contributed by atoms with Crippen molar-refractivity contribution in [2.75, 3.05) is 0 Å². The van der Waals surface area contributed by atoms with Gasteiger partial charge in [-0.3, -0.25) is 11.3 Å². The maximum atomic E-state index is 5.66. The van der Waals surface area contributed by atoms with Crippen molar-refractivity contribution in [2.24, 2.45) is 5.84 Å². The highest BCUT2D eigenvalue weighted by Crippen LogP contribution is 2.18. The molecule has 1 heterocycles. The molecule has 0 bridgehead atoms. The number of hydrogen-bond acceptors (Lipinski definition) is 3. The van der Waals surface area contributed by atoms with Crippen LogP contribution in [-0.4, -0.2) is 9.55 Å². The lowest BCUT2D eigenvalue weighted by atomic mass is 10.0. The molecule has 1 aromatic carbocycles. The first kappa shape index (κ1) is 13.5. The number of nitrogens with two attached hydrogens (primary N) is 1. The second-order valence-electron chi connectivity index (χ2n) is 4.10. The molecule has 0 amide bonds. The van der Waals surface area contributed by atoms with Gasteiger partial charge in [-0.25, -0.2) is 4.98 Å². The van der Waals surface area contributed by atoms with E-state index in [0.29, 0.717) is 0 Å². The van der Waals surface area contributed by atoms with Crippen molar-refractivity contribution in [3.05, 3.63) is 51.6 Å². The first-order valence-corrected chi connectivity index (χ1v) is 7.04. The van der Waals surface area contributed by atoms with E-state index in [1.54, 1.807) is 0 Å². The molecule has 1 aromatic heterocycles. The number of nitrogens with one attached hydrogen (secondary N) is 1. The van der Waals surface area contributed by atoms with Crippen molar-refractivity contribution in [1.29, 1.82) is 0 Å². The van der Waals surface area contributed by atoms with Gasteiger partial charge < -0.3 is 4.57 Å². The van der Waals surface area contributed by atoms with Crippen molar-refractivity contribution in [3.8, 4) is 0 Å². The van der Waals surface area contributed by atoms with Gasteiger partial charge in [-0.05, 0) is 47.2 Å². The lowest BCUT2D eigenvalue weighted by Gasteiger charge is -2.16. The summed E-state index contributed by atoms with van der Waals surface area (Å²) in [5.41, 5.74) is 4.06. The number of aromatic nitrogens is 2. The smallest absolute Gasteiger partial charge is 0.110 e. The zero-order chi connectivity index (χ0) is 13.0. The van der Waals surface area contributed by atoms with Gasteiger partial charge in [0.2, 0.25) is 0 Å². The van der Waals surface area contributed by atoms with E-state index < -0.39 is 0 Å². The van der Waals surface area contributed by atoms with Crippen molar-refractivity contribution in [3.63, 3.8) is 0 Å². The number of hydrazine groups is 1. The molecule has 0 spiro atoms. The number of benzene rings is 1. The molecule has 0 aliphatic heterocycles. The minimum Gasteiger partial charge on any atom is -0.335 e. The van der Waals surface area contributed by atoms with Crippen molar-refractivity contribution in [2.45, 2.75) is 25.9 Å². The molecule has 0 fully saturated rings. The van der Waals surface area contributed by atoms with E-state index in [2.05, 4.69) is 68.8 Å². The normalized spacial score (nSPS) is 12.6. The van der Waals surface area contributed by atoms with Gasteiger partial charge in [0.15, 0.2) is 0 Å². The molecular weight excluding hydrogens is 339 g/mol. The largest absolute Gasteiger partial charge is 0.335 e. The van der Waals surface area contributed by atoms with Crippen LogP contribution in [0.15, 0.2) is 36.7 Å². The molecule has 0 saturated carbocycles. The Bertz CT molecular complexity index is 492. The number of imidazole rings is 1. The number of rotatable bonds is 5. The van der Waals surface area contributed by atoms with Gasteiger partial charge in [-0.1, -0.05) is 12.1 Å². The molecule has 5 heteroatoms. The fourth-order valence-corrected chi connectivity index (χ4v) is 2.33. The summed E-state index contributed by atoms with van der Waals surface area (Å²) >= 11 is 2.30. The summed E-state index contributed by atoms with van der Waals surface area (Å²) in [6, 6.07) is 8.48. The molecule has 96 valence electrons. The highest BCUT2D eigenvalue weighted by molar-refractivity contribution is 14.1. The molecule has 0 saturated heterocycles. The average Bonchev–Trinajstić information content (AvgIpc) is 2.84. The van der Waals surface area contributed by atoms with Crippen LogP contribution in [0, 0.1) is 3.57 Å². The molecule has 0 aliphatic rings. The summed E-state index contributed by atoms with van der Waals surface area (Å²) in [6.07, 6.45) is 4.62. The predicted molar refractivity (Wildman–Crippen MR) is 80.8 cm³/mol. The highest BCUT2D eigenvalue weighted by Gasteiger charge is 2.13. The second-order valence-corrected chi connectivity index (χ2v) is 5.35. The fraction of sp³-hybridized carbons (Fsp3) is 0.308. The maximum Gasteiger partial charge on any atom is 0.110 e. The van der Waals surface area contributed by atoms with Gasteiger partial charge in [-0.15, -0.1) is 0 Å². The van der Waals surface area contributed by atoms with Gasteiger partial charge in [0.25, 0.3) is 0 Å². The molecule has 18 heavy (non-hydrogen) atoms. The Hall–Kier alpha value is -0.920. The Kier molecular flexibility index (Phi) is 4.73. The molecule has 4 nitrogen and oxygen atoms in total. The third kappa shape index (κ3) is 3.09. The van der Waals surface area contributed by atoms with Crippen LogP contribution in [0.3, 0.4) is 0 Å². The second kappa shape index (κ2) is 6.31. The van der Waals surface area contributed by atoms with Crippen LogP contribution in [0.5, 0.6) is 0 Å². The molecule has 1 atom stereocenters. The van der Waals surface area contributed by atoms with E-state index in [1.165, 1.54) is 9.13 Å². The SMILES string of the molecule is CCn1ccnc1CC(NN)c1ccc(I)cc1. The van der Waals surface area contributed by atoms with E-state index in [0.717, 1.165) is 18.8 Å². The van der Waals surface area contributed by atoms with Crippen LogP contribution < -0.4 is 11.3 Å². The lowest BCUT2D eigenvalue weighted by Crippen LogP contribution is -2.30. The van der Waals surface area contributed by atoms with Gasteiger partial charge in [0.1, 0.15) is 5.82 Å². The quantitative estimate of drug-likeness (QED) is 0.491. The Morgan fingerprint density at radius 1 is 1.39 bits per heavy atom. The highest BCUT2D eigenvalue weighted by atomic mass is 127. The summed E-state index contributed by atoms with van der Waals surface area (Å²) in [5.74, 6) is 6.72. The zero-order valence-corrected chi connectivity index (χ0v) is 12.5. The van der Waals surface area contributed by atoms with E-state index in [4.69, 9.17) is 5.84 Å². The molecular formula is C13H17IN4. The first-order valence-electron chi connectivity index (χ1n) is 5.96. The van der Waals surface area contributed by atoms with E-state index >= 15 is 0 Å². The summed E-state index contributed by atoms with van der Waals surface area (Å²) in [6.45, 7) is 3.04. The Morgan fingerprint density at radius 2 is 2.11 bits per heavy atom. The van der Waals surface area contributed by atoms with Crippen LogP contribution in [0.1, 0.15) is 24.4 Å². The monoisotopic (exact) mass is 356 g/mol. The molecule has 1 unspecified atom stereocenters. The third-order valence-electron chi connectivity index (χ3n) is 3.00. The summed E-state index contributed by atoms with van der Waals surface area (Å²) in [7, 11) is 0. The van der Waals surface area contributed by atoms with Gasteiger partial charge in [0, 0.05) is 28.9 Å². The summed E-state index contributed by atoms with van der Waals surface area (Å²) in [5, 5.41) is 0. The molecule has 3 N–H and O–H groups in total. The summed E-state index contributed by atoms with van der Waals surface area (Å²) in [4.78, 5) is 4.38. The Balaban J connectivity index is 2.17. The van der Waals surface area contributed by atoms with Crippen LogP contribution in [0.25, 0.3) is 0 Å². The van der Waals surface area contributed by atoms with E-state index in [-0.39, 0.29) is 6.04 Å². The van der Waals surface area contributed by atoms with Crippen molar-refractivity contribution >= 4 is 22.6 Å². The topological polar surface area (TPSA) is 55.9 Å². The van der Waals surface area contributed by atoms with Crippen LogP contribution in [0.2, 0.25) is 0 Å². The number of aryl methyl sites for hydroxylation is 1. The zero-order valence-electron chi connectivity index (χ0n) is 10.3. The van der Waals surface area contributed by atoms with Gasteiger partial charge in [0.05, 0.1) is 6.04 Å². The number of nitrogens with zero attached hydrogens (tertiary/aromatic N) is 2. The molecule has 0 aliphatic carbocycles. The standard InChI is InChI=1S/C13H17IN4/c1-2-18-8-7-16-13(18)9-12(17-15)10-3-5-11(14)6-4-10/h3-8,12,17H,2,9,15H2,1H3. The maximum absolute atomic E-state index is 5.66. The van der Waals surface area contributed by atoms with Crippen LogP contribution in [-0.2, 0) is 13.0 Å². The predicted octanol–water partition coefficient (Wildman–Crippen LogP) is 2.25. The average molecular weight is 356 g/mol. The van der Waals surface area contributed by atoms with Crippen molar-refractivity contribution in [1.82, 2.24) is 15.0 Å². The fourth-order valence-electron chi connectivity index (χ4n) is 1.97. The molecule has 2 rings (SSSR count). The first-order chi connectivity index (χ1) is 8.74. The lowest BCUT2D eigenvalue weighted by molar-refractivity contribution is 0.523. The van der Waals surface area contributed by atoms with E-state index in [1.807, 2.05) is 12.4 Å². The van der Waals surface area contributed by atoms with Crippen LogP contribution in [0.4, 0.5) is 0 Å². The Morgan fingerprint density at radius 3 is 2.72 bits per heavy atom. The Labute approximate surface area is 121 Å². The van der Waals surface area contributed by atoms with Gasteiger partial charge in [-0.2, -0.15) is 0 Å².